The highest BCUT2D eigenvalue weighted by Crippen LogP contribution is 2.23. The average Bonchev–Trinajstić information content (AvgIpc) is 2.75. The first-order valence-corrected chi connectivity index (χ1v) is 7.14. The van der Waals surface area contributed by atoms with Gasteiger partial charge in [0.25, 0.3) is 0 Å². The smallest absolute Gasteiger partial charge is 0.337 e. The molecule has 2 rings (SSSR count). The molecule has 3 nitrogen and oxygen atoms in total. The van der Waals surface area contributed by atoms with E-state index in [-0.39, 0.29) is 5.56 Å². The third-order valence-electron chi connectivity index (χ3n) is 2.53. The van der Waals surface area contributed by atoms with Gasteiger partial charge in [-0.1, -0.05) is 23.2 Å². The van der Waals surface area contributed by atoms with Gasteiger partial charge >= 0.3 is 5.97 Å². The van der Waals surface area contributed by atoms with E-state index in [1.54, 1.807) is 12.1 Å². The number of hydrogen-bond acceptors (Lipinski definition) is 3. The van der Waals surface area contributed by atoms with Crippen LogP contribution in [0.3, 0.4) is 0 Å². The molecule has 0 amide bonds. The highest BCUT2D eigenvalue weighted by Gasteiger charge is 2.10. The summed E-state index contributed by atoms with van der Waals surface area (Å²) in [6, 6.07) is 8.49. The molecule has 1 aromatic carbocycles. The SMILES string of the molecule is O=C(O)c1ccc(Cl)cc1NCCc1ccc(Cl)s1. The second-order valence-corrected chi connectivity index (χ2v) is 6.11. The number of halogens is 2. The van der Waals surface area contributed by atoms with Crippen LogP contribution in [0.25, 0.3) is 0 Å². The summed E-state index contributed by atoms with van der Waals surface area (Å²) in [5, 5.41) is 12.7. The number of carboxylic acids is 1. The number of nitrogens with one attached hydrogen (secondary N) is 1. The highest BCUT2D eigenvalue weighted by molar-refractivity contribution is 7.16. The number of thiophene rings is 1. The molecule has 0 saturated carbocycles. The van der Waals surface area contributed by atoms with E-state index in [1.165, 1.54) is 17.4 Å². The Labute approximate surface area is 124 Å². The van der Waals surface area contributed by atoms with Gasteiger partial charge in [-0.2, -0.15) is 0 Å². The van der Waals surface area contributed by atoms with E-state index < -0.39 is 5.97 Å². The number of aromatic carboxylic acids is 1. The molecule has 1 heterocycles. The molecule has 0 atom stereocenters. The molecule has 0 unspecified atom stereocenters. The first-order valence-electron chi connectivity index (χ1n) is 5.57. The first-order chi connectivity index (χ1) is 9.06. The van der Waals surface area contributed by atoms with Crippen LogP contribution < -0.4 is 5.32 Å². The van der Waals surface area contributed by atoms with E-state index in [9.17, 15) is 4.79 Å². The van der Waals surface area contributed by atoms with Crippen LogP contribution in [0, 0.1) is 0 Å². The molecule has 2 aromatic rings. The number of carboxylic acid groups (broad SMARTS) is 1. The zero-order valence-electron chi connectivity index (χ0n) is 9.82. The van der Waals surface area contributed by atoms with Crippen LogP contribution in [0.4, 0.5) is 5.69 Å². The topological polar surface area (TPSA) is 49.3 Å². The molecule has 0 aliphatic heterocycles. The van der Waals surface area contributed by atoms with Gasteiger partial charge in [0, 0.05) is 16.4 Å². The lowest BCUT2D eigenvalue weighted by molar-refractivity contribution is 0.0698. The molecule has 6 heteroatoms. The monoisotopic (exact) mass is 315 g/mol. The van der Waals surface area contributed by atoms with Crippen LogP contribution in [0.15, 0.2) is 30.3 Å². The van der Waals surface area contributed by atoms with Gasteiger partial charge in [0.1, 0.15) is 0 Å². The lowest BCUT2D eigenvalue weighted by atomic mass is 10.1. The Hall–Kier alpha value is -1.23. The fourth-order valence-corrected chi connectivity index (χ4v) is 2.91. The van der Waals surface area contributed by atoms with Gasteiger partial charge in [-0.15, -0.1) is 11.3 Å². The molecular formula is C13H11Cl2NO2S. The third kappa shape index (κ3) is 3.86. The first kappa shape index (κ1) is 14.2. The van der Waals surface area contributed by atoms with E-state index in [2.05, 4.69) is 5.32 Å². The quantitative estimate of drug-likeness (QED) is 0.859. The van der Waals surface area contributed by atoms with E-state index >= 15 is 0 Å². The largest absolute Gasteiger partial charge is 0.478 e. The van der Waals surface area contributed by atoms with Crippen LogP contribution in [0.2, 0.25) is 9.36 Å². The Kier molecular flexibility index (Phi) is 4.69. The van der Waals surface area contributed by atoms with Gasteiger partial charge in [0.2, 0.25) is 0 Å². The van der Waals surface area contributed by atoms with Crippen molar-refractivity contribution in [2.24, 2.45) is 0 Å². The zero-order chi connectivity index (χ0) is 13.8. The van der Waals surface area contributed by atoms with Crippen LogP contribution in [0.1, 0.15) is 15.2 Å². The second-order valence-electron chi connectivity index (χ2n) is 3.88. The molecule has 2 N–H and O–H groups in total. The molecular weight excluding hydrogens is 305 g/mol. The fraction of sp³-hybridized carbons (Fsp3) is 0.154. The predicted octanol–water partition coefficient (Wildman–Crippen LogP) is 4.41. The normalized spacial score (nSPS) is 10.4. The Morgan fingerprint density at radius 2 is 2.05 bits per heavy atom. The van der Waals surface area contributed by atoms with Crippen LogP contribution >= 0.6 is 34.5 Å². The Morgan fingerprint density at radius 1 is 1.26 bits per heavy atom. The zero-order valence-corrected chi connectivity index (χ0v) is 12.1. The van der Waals surface area contributed by atoms with Crippen molar-refractivity contribution in [3.05, 3.63) is 50.1 Å². The molecule has 0 radical (unpaired) electrons. The van der Waals surface area contributed by atoms with Crippen LogP contribution in [-0.4, -0.2) is 17.6 Å². The van der Waals surface area contributed by atoms with E-state index in [0.717, 1.165) is 15.6 Å². The van der Waals surface area contributed by atoms with Crippen molar-refractivity contribution >= 4 is 46.2 Å². The maximum absolute atomic E-state index is 11.1. The standard InChI is InChI=1S/C13H11Cl2NO2S/c14-8-1-3-10(13(17)18)11(7-8)16-6-5-9-2-4-12(15)19-9/h1-4,7,16H,5-6H2,(H,17,18). The van der Waals surface area contributed by atoms with Gasteiger partial charge in [0.15, 0.2) is 0 Å². The minimum absolute atomic E-state index is 0.216. The molecule has 0 saturated heterocycles. The summed E-state index contributed by atoms with van der Waals surface area (Å²) < 4.78 is 0.754. The third-order valence-corrected chi connectivity index (χ3v) is 4.05. The van der Waals surface area contributed by atoms with Gasteiger partial charge in [-0.3, -0.25) is 0 Å². The Bertz CT molecular complexity index is 598. The highest BCUT2D eigenvalue weighted by atomic mass is 35.5. The molecule has 19 heavy (non-hydrogen) atoms. The van der Waals surface area contributed by atoms with Crippen molar-refractivity contribution in [3.8, 4) is 0 Å². The summed E-state index contributed by atoms with van der Waals surface area (Å²) in [6.45, 7) is 0.622. The number of hydrogen-bond donors (Lipinski definition) is 2. The van der Waals surface area contributed by atoms with Crippen molar-refractivity contribution in [2.45, 2.75) is 6.42 Å². The summed E-state index contributed by atoms with van der Waals surface area (Å²) in [6.07, 6.45) is 0.781. The van der Waals surface area contributed by atoms with Gasteiger partial charge in [-0.25, -0.2) is 4.79 Å². The van der Waals surface area contributed by atoms with Gasteiger partial charge < -0.3 is 10.4 Å². The predicted molar refractivity (Wildman–Crippen MR) is 79.9 cm³/mol. The average molecular weight is 316 g/mol. The fourth-order valence-electron chi connectivity index (χ4n) is 1.66. The minimum atomic E-state index is -0.974. The van der Waals surface area contributed by atoms with E-state index in [0.29, 0.717) is 17.3 Å². The summed E-state index contributed by atoms with van der Waals surface area (Å²) in [5.41, 5.74) is 0.747. The maximum Gasteiger partial charge on any atom is 0.337 e. The Balaban J connectivity index is 2.02. The van der Waals surface area contributed by atoms with Crippen molar-refractivity contribution in [1.82, 2.24) is 0 Å². The lowest BCUT2D eigenvalue weighted by Crippen LogP contribution is -2.09. The number of benzene rings is 1. The van der Waals surface area contributed by atoms with Crippen molar-refractivity contribution < 1.29 is 9.90 Å². The molecule has 0 fully saturated rings. The second kappa shape index (κ2) is 6.28. The number of carbonyl (C=O) groups is 1. The Morgan fingerprint density at radius 3 is 2.68 bits per heavy atom. The number of anilines is 1. The minimum Gasteiger partial charge on any atom is -0.478 e. The molecule has 100 valence electrons. The molecule has 0 bridgehead atoms. The van der Waals surface area contributed by atoms with Crippen molar-refractivity contribution in [2.75, 3.05) is 11.9 Å². The van der Waals surface area contributed by atoms with E-state index in [1.807, 2.05) is 12.1 Å². The molecule has 1 aromatic heterocycles. The van der Waals surface area contributed by atoms with Gasteiger partial charge in [-0.05, 0) is 36.8 Å². The summed E-state index contributed by atoms with van der Waals surface area (Å²) in [7, 11) is 0. The van der Waals surface area contributed by atoms with Crippen LogP contribution in [-0.2, 0) is 6.42 Å². The van der Waals surface area contributed by atoms with E-state index in [4.69, 9.17) is 28.3 Å². The summed E-state index contributed by atoms with van der Waals surface area (Å²) in [4.78, 5) is 12.2. The maximum atomic E-state index is 11.1. The van der Waals surface area contributed by atoms with Crippen molar-refractivity contribution in [1.29, 1.82) is 0 Å². The molecule has 0 aliphatic carbocycles. The van der Waals surface area contributed by atoms with Gasteiger partial charge in [0.05, 0.1) is 15.6 Å². The van der Waals surface area contributed by atoms with Crippen LogP contribution in [0.5, 0.6) is 0 Å². The number of rotatable bonds is 5. The lowest BCUT2D eigenvalue weighted by Gasteiger charge is -2.09. The molecule has 0 spiro atoms. The van der Waals surface area contributed by atoms with Crippen molar-refractivity contribution in [3.63, 3.8) is 0 Å². The summed E-state index contributed by atoms with van der Waals surface area (Å²) >= 11 is 13.2. The molecule has 0 aliphatic rings. The summed E-state index contributed by atoms with van der Waals surface area (Å²) in [5.74, 6) is -0.974.